The largest absolute Gasteiger partial charge is 0.491 e. The van der Waals surface area contributed by atoms with Crippen LogP contribution in [0.5, 0.6) is 5.75 Å². The Labute approximate surface area is 111 Å². The molecule has 1 heterocycles. The second kappa shape index (κ2) is 5.91. The molecule has 0 bridgehead atoms. The van der Waals surface area contributed by atoms with Gasteiger partial charge in [-0.2, -0.15) is 0 Å². The van der Waals surface area contributed by atoms with E-state index in [1.54, 1.807) is 18.9 Å². The highest BCUT2D eigenvalue weighted by atomic mass is 35.5. The molecule has 17 heavy (non-hydrogen) atoms. The van der Waals surface area contributed by atoms with Gasteiger partial charge in [0, 0.05) is 5.25 Å². The molecular formula is C12H17ClN2OS. The smallest absolute Gasteiger partial charge is 0.188 e. The summed E-state index contributed by atoms with van der Waals surface area (Å²) in [6, 6.07) is 0. The predicted octanol–water partition coefficient (Wildman–Crippen LogP) is 3.81. The zero-order valence-corrected chi connectivity index (χ0v) is 11.7. The molecule has 0 amide bonds. The van der Waals surface area contributed by atoms with Crippen LogP contribution in [0.1, 0.15) is 32.6 Å². The van der Waals surface area contributed by atoms with Crippen molar-refractivity contribution >= 4 is 23.4 Å². The standard InChI is InChI=1S/C12H17ClN2OS/c1-8-4-3-5-9(6-8)17-12-10(16-2)11(13)14-7-15-12/h7-9H,3-6H2,1-2H3. The average molecular weight is 273 g/mol. The minimum atomic E-state index is 0.397. The summed E-state index contributed by atoms with van der Waals surface area (Å²) < 4.78 is 5.27. The fourth-order valence-corrected chi connectivity index (χ4v) is 3.92. The van der Waals surface area contributed by atoms with Gasteiger partial charge in [-0.3, -0.25) is 0 Å². The first kappa shape index (κ1) is 13.0. The van der Waals surface area contributed by atoms with Crippen LogP contribution < -0.4 is 4.74 Å². The van der Waals surface area contributed by atoms with Crippen LogP contribution in [0.2, 0.25) is 5.15 Å². The molecule has 3 nitrogen and oxygen atoms in total. The molecule has 0 saturated heterocycles. The van der Waals surface area contributed by atoms with Crippen LogP contribution in [-0.4, -0.2) is 22.3 Å². The Morgan fingerprint density at radius 3 is 2.94 bits per heavy atom. The molecule has 0 spiro atoms. The van der Waals surface area contributed by atoms with Crippen molar-refractivity contribution in [2.45, 2.75) is 42.9 Å². The van der Waals surface area contributed by atoms with E-state index in [-0.39, 0.29) is 0 Å². The van der Waals surface area contributed by atoms with E-state index in [0.717, 1.165) is 10.9 Å². The summed E-state index contributed by atoms with van der Waals surface area (Å²) in [6.07, 6.45) is 6.65. The molecule has 1 aromatic heterocycles. The molecule has 94 valence electrons. The second-order valence-electron chi connectivity index (χ2n) is 4.51. The van der Waals surface area contributed by atoms with Crippen LogP contribution in [0.3, 0.4) is 0 Å². The van der Waals surface area contributed by atoms with Crippen molar-refractivity contribution in [1.29, 1.82) is 0 Å². The molecule has 1 aliphatic rings. The van der Waals surface area contributed by atoms with Crippen molar-refractivity contribution in [3.8, 4) is 5.75 Å². The highest BCUT2D eigenvalue weighted by Crippen LogP contribution is 2.40. The molecule has 1 aromatic rings. The van der Waals surface area contributed by atoms with Gasteiger partial charge in [0.25, 0.3) is 0 Å². The van der Waals surface area contributed by atoms with Gasteiger partial charge in [0.1, 0.15) is 11.4 Å². The first-order chi connectivity index (χ1) is 8.20. The van der Waals surface area contributed by atoms with Gasteiger partial charge in [0.15, 0.2) is 10.9 Å². The molecular weight excluding hydrogens is 256 g/mol. The normalized spacial score (nSPS) is 24.6. The number of hydrogen-bond acceptors (Lipinski definition) is 4. The fraction of sp³-hybridized carbons (Fsp3) is 0.667. The Bertz CT molecular complexity index is 389. The Morgan fingerprint density at radius 2 is 2.24 bits per heavy atom. The molecule has 1 aliphatic carbocycles. The number of methoxy groups -OCH3 is 1. The Hall–Kier alpha value is -0.480. The molecule has 2 unspecified atom stereocenters. The third-order valence-corrected chi connectivity index (χ3v) is 4.64. The molecule has 0 N–H and O–H groups in total. The Morgan fingerprint density at radius 1 is 1.41 bits per heavy atom. The Balaban J connectivity index is 2.10. The molecule has 2 rings (SSSR count). The lowest BCUT2D eigenvalue weighted by molar-refractivity contribution is 0.389. The number of hydrogen-bond donors (Lipinski definition) is 0. The number of rotatable bonds is 3. The van der Waals surface area contributed by atoms with E-state index in [2.05, 4.69) is 16.9 Å². The maximum absolute atomic E-state index is 5.99. The third kappa shape index (κ3) is 3.26. The van der Waals surface area contributed by atoms with Gasteiger partial charge in [-0.1, -0.05) is 43.1 Å². The topological polar surface area (TPSA) is 35.0 Å². The molecule has 0 radical (unpaired) electrons. The van der Waals surface area contributed by atoms with E-state index in [1.165, 1.54) is 32.0 Å². The number of nitrogens with zero attached hydrogens (tertiary/aromatic N) is 2. The molecule has 1 fully saturated rings. The highest BCUT2D eigenvalue weighted by molar-refractivity contribution is 8.00. The van der Waals surface area contributed by atoms with Gasteiger partial charge in [-0.25, -0.2) is 9.97 Å². The van der Waals surface area contributed by atoms with Crippen molar-refractivity contribution in [3.05, 3.63) is 11.5 Å². The summed E-state index contributed by atoms with van der Waals surface area (Å²) in [7, 11) is 1.61. The summed E-state index contributed by atoms with van der Waals surface area (Å²) >= 11 is 7.76. The molecule has 5 heteroatoms. The maximum Gasteiger partial charge on any atom is 0.188 e. The van der Waals surface area contributed by atoms with Gasteiger partial charge >= 0.3 is 0 Å². The summed E-state index contributed by atoms with van der Waals surface area (Å²) in [6.45, 7) is 2.32. The zero-order valence-electron chi connectivity index (χ0n) is 10.1. The van der Waals surface area contributed by atoms with Crippen molar-refractivity contribution in [2.24, 2.45) is 5.92 Å². The van der Waals surface area contributed by atoms with Gasteiger partial charge in [-0.15, -0.1) is 0 Å². The average Bonchev–Trinajstić information content (AvgIpc) is 2.29. The van der Waals surface area contributed by atoms with E-state index in [9.17, 15) is 0 Å². The number of ether oxygens (including phenoxy) is 1. The number of halogens is 1. The second-order valence-corrected chi connectivity index (χ2v) is 6.16. The van der Waals surface area contributed by atoms with Crippen LogP contribution in [0.25, 0.3) is 0 Å². The highest BCUT2D eigenvalue weighted by Gasteiger charge is 2.22. The maximum atomic E-state index is 5.99. The number of aromatic nitrogens is 2. The third-order valence-electron chi connectivity index (χ3n) is 3.10. The lowest BCUT2D eigenvalue weighted by atomic mass is 9.91. The summed E-state index contributed by atoms with van der Waals surface area (Å²) in [4.78, 5) is 8.21. The van der Waals surface area contributed by atoms with Crippen molar-refractivity contribution in [2.75, 3.05) is 7.11 Å². The van der Waals surface area contributed by atoms with Gasteiger partial charge in [0.05, 0.1) is 7.11 Å². The predicted molar refractivity (Wildman–Crippen MR) is 70.9 cm³/mol. The van der Waals surface area contributed by atoms with Crippen molar-refractivity contribution < 1.29 is 4.74 Å². The first-order valence-corrected chi connectivity index (χ1v) is 7.17. The first-order valence-electron chi connectivity index (χ1n) is 5.92. The molecule has 0 aliphatic heterocycles. The SMILES string of the molecule is COc1c(Cl)ncnc1SC1CCCC(C)C1. The van der Waals surface area contributed by atoms with Crippen LogP contribution in [0, 0.1) is 5.92 Å². The quantitative estimate of drug-likeness (QED) is 0.784. The van der Waals surface area contributed by atoms with E-state index in [0.29, 0.717) is 16.2 Å². The van der Waals surface area contributed by atoms with E-state index < -0.39 is 0 Å². The lowest BCUT2D eigenvalue weighted by Gasteiger charge is -2.26. The van der Waals surface area contributed by atoms with Gasteiger partial charge < -0.3 is 4.74 Å². The lowest BCUT2D eigenvalue weighted by Crippen LogP contribution is -2.15. The summed E-state index contributed by atoms with van der Waals surface area (Å²) in [5, 5.41) is 1.89. The summed E-state index contributed by atoms with van der Waals surface area (Å²) in [5.74, 6) is 1.42. The van der Waals surface area contributed by atoms with E-state index >= 15 is 0 Å². The van der Waals surface area contributed by atoms with Gasteiger partial charge in [0.2, 0.25) is 0 Å². The van der Waals surface area contributed by atoms with Gasteiger partial charge in [-0.05, 0) is 18.8 Å². The monoisotopic (exact) mass is 272 g/mol. The minimum absolute atomic E-state index is 0.397. The molecule has 1 saturated carbocycles. The molecule has 0 aromatic carbocycles. The van der Waals surface area contributed by atoms with Crippen molar-refractivity contribution in [1.82, 2.24) is 9.97 Å². The summed E-state index contributed by atoms with van der Waals surface area (Å²) in [5.41, 5.74) is 0. The van der Waals surface area contributed by atoms with Crippen molar-refractivity contribution in [3.63, 3.8) is 0 Å². The number of thioether (sulfide) groups is 1. The van der Waals surface area contributed by atoms with Crippen LogP contribution in [0.15, 0.2) is 11.4 Å². The molecule has 2 atom stereocenters. The van der Waals surface area contributed by atoms with E-state index in [1.807, 2.05) is 0 Å². The minimum Gasteiger partial charge on any atom is -0.491 e. The fourth-order valence-electron chi connectivity index (χ4n) is 2.24. The van der Waals surface area contributed by atoms with Crippen LogP contribution in [-0.2, 0) is 0 Å². The van der Waals surface area contributed by atoms with Crippen LogP contribution in [0.4, 0.5) is 0 Å². The van der Waals surface area contributed by atoms with E-state index in [4.69, 9.17) is 16.3 Å². The zero-order chi connectivity index (χ0) is 12.3. The Kier molecular flexibility index (Phi) is 4.51. The van der Waals surface area contributed by atoms with Crippen LogP contribution >= 0.6 is 23.4 Å².